The quantitative estimate of drug-likeness (QED) is 0.552. The van der Waals surface area contributed by atoms with Crippen LogP contribution in [0.3, 0.4) is 0 Å². The van der Waals surface area contributed by atoms with Gasteiger partial charge in [0.2, 0.25) is 0 Å². The highest BCUT2D eigenvalue weighted by molar-refractivity contribution is 6.06. The number of amides is 2. The topological polar surface area (TPSA) is 63.6 Å². The van der Waals surface area contributed by atoms with E-state index in [0.717, 1.165) is 48.7 Å². The van der Waals surface area contributed by atoms with Crippen molar-refractivity contribution in [3.05, 3.63) is 71.6 Å². The Labute approximate surface area is 194 Å². The van der Waals surface area contributed by atoms with Gasteiger partial charge in [0.1, 0.15) is 11.4 Å². The van der Waals surface area contributed by atoms with Crippen LogP contribution in [0.25, 0.3) is 17.0 Å². The summed E-state index contributed by atoms with van der Waals surface area (Å²) >= 11 is 0. The molecule has 0 radical (unpaired) electrons. The molecular formula is C27H31N3O3. The molecule has 1 N–H and O–H groups in total. The van der Waals surface area contributed by atoms with Crippen molar-refractivity contribution in [3.8, 4) is 5.75 Å². The number of carbonyl (C=O) groups excluding carboxylic acids is 2. The van der Waals surface area contributed by atoms with E-state index in [1.54, 1.807) is 31.4 Å². The molecule has 2 aromatic carbocycles. The maximum Gasteiger partial charge on any atom is 0.270 e. The summed E-state index contributed by atoms with van der Waals surface area (Å²) in [5.41, 5.74) is 2.80. The summed E-state index contributed by atoms with van der Waals surface area (Å²) in [6, 6.07) is 15.0. The second-order valence-corrected chi connectivity index (χ2v) is 8.33. The molecule has 1 fully saturated rings. The van der Waals surface area contributed by atoms with Gasteiger partial charge < -0.3 is 19.5 Å². The van der Waals surface area contributed by atoms with Crippen LogP contribution in [-0.4, -0.2) is 41.5 Å². The Morgan fingerprint density at radius 2 is 1.70 bits per heavy atom. The molecule has 0 bridgehead atoms. The molecule has 3 aromatic rings. The number of aryl methyl sites for hydroxylation is 1. The molecule has 6 nitrogen and oxygen atoms in total. The Hall–Kier alpha value is -3.54. The number of benzene rings is 2. The number of hydrogen-bond donors (Lipinski definition) is 1. The molecule has 1 saturated heterocycles. The highest BCUT2D eigenvalue weighted by atomic mass is 16.5. The Morgan fingerprint density at radius 1 is 1.00 bits per heavy atom. The fourth-order valence-corrected chi connectivity index (χ4v) is 4.34. The number of carbonyl (C=O) groups is 2. The van der Waals surface area contributed by atoms with E-state index in [2.05, 4.69) is 22.9 Å². The number of likely N-dealkylation sites (tertiary alicyclic amines) is 1. The minimum Gasteiger partial charge on any atom is -0.497 e. The van der Waals surface area contributed by atoms with E-state index in [0.29, 0.717) is 30.1 Å². The minimum atomic E-state index is -0.314. The molecule has 0 unspecified atom stereocenters. The number of para-hydroxylation sites is 1. The first-order valence-corrected chi connectivity index (χ1v) is 11.6. The number of rotatable bonds is 6. The molecule has 2 amide bonds. The lowest BCUT2D eigenvalue weighted by Gasteiger charge is -2.22. The van der Waals surface area contributed by atoms with Crippen molar-refractivity contribution < 1.29 is 14.3 Å². The van der Waals surface area contributed by atoms with Gasteiger partial charge in [-0.3, -0.25) is 9.59 Å². The van der Waals surface area contributed by atoms with E-state index in [1.165, 1.54) is 0 Å². The molecule has 4 rings (SSSR count). The van der Waals surface area contributed by atoms with Gasteiger partial charge in [0.05, 0.1) is 7.11 Å². The standard InChI is InChI=1S/C27H31N3O3/c1-3-29-19-21(23-10-6-7-11-25(23)29)18-24(27(32)30-16-8-4-5-9-17-30)28-26(31)20-12-14-22(33-2)15-13-20/h6-7,10-15,18-19H,3-5,8-9,16-17H2,1-2H3,(H,28,31)/b24-18-. The second-order valence-electron chi connectivity index (χ2n) is 8.33. The molecule has 33 heavy (non-hydrogen) atoms. The van der Waals surface area contributed by atoms with Gasteiger partial charge in [0, 0.05) is 47.9 Å². The molecule has 172 valence electrons. The second kappa shape index (κ2) is 10.4. The number of hydrogen-bond acceptors (Lipinski definition) is 3. The molecular weight excluding hydrogens is 414 g/mol. The molecule has 0 aliphatic carbocycles. The predicted molar refractivity (Wildman–Crippen MR) is 131 cm³/mol. The van der Waals surface area contributed by atoms with Crippen LogP contribution in [0.1, 0.15) is 48.5 Å². The number of nitrogens with zero attached hydrogens (tertiary/aromatic N) is 2. The van der Waals surface area contributed by atoms with Crippen LogP contribution in [0.2, 0.25) is 0 Å². The van der Waals surface area contributed by atoms with E-state index >= 15 is 0 Å². The first-order chi connectivity index (χ1) is 16.1. The third kappa shape index (κ3) is 5.11. The first-order valence-electron chi connectivity index (χ1n) is 11.6. The van der Waals surface area contributed by atoms with Gasteiger partial charge in [0.15, 0.2) is 0 Å². The predicted octanol–water partition coefficient (Wildman–Crippen LogP) is 4.84. The number of nitrogens with one attached hydrogen (secondary N) is 1. The monoisotopic (exact) mass is 445 g/mol. The van der Waals surface area contributed by atoms with E-state index < -0.39 is 0 Å². The van der Waals surface area contributed by atoms with Gasteiger partial charge in [-0.15, -0.1) is 0 Å². The lowest BCUT2D eigenvalue weighted by Crippen LogP contribution is -2.39. The van der Waals surface area contributed by atoms with E-state index in [-0.39, 0.29) is 11.8 Å². The minimum absolute atomic E-state index is 0.132. The zero-order valence-corrected chi connectivity index (χ0v) is 19.3. The van der Waals surface area contributed by atoms with Gasteiger partial charge in [-0.25, -0.2) is 0 Å². The Bertz CT molecular complexity index is 1150. The lowest BCUT2D eigenvalue weighted by atomic mass is 10.1. The summed E-state index contributed by atoms with van der Waals surface area (Å²) < 4.78 is 7.34. The summed E-state index contributed by atoms with van der Waals surface area (Å²) in [7, 11) is 1.59. The molecule has 1 aliphatic rings. The van der Waals surface area contributed by atoms with E-state index in [9.17, 15) is 9.59 Å². The van der Waals surface area contributed by atoms with Crippen LogP contribution < -0.4 is 10.1 Å². The third-order valence-electron chi connectivity index (χ3n) is 6.18. The largest absolute Gasteiger partial charge is 0.497 e. The van der Waals surface area contributed by atoms with Gasteiger partial charge in [0.25, 0.3) is 11.8 Å². The summed E-state index contributed by atoms with van der Waals surface area (Å²) in [6.45, 7) is 4.34. The van der Waals surface area contributed by atoms with Crippen molar-refractivity contribution in [2.24, 2.45) is 0 Å². The van der Waals surface area contributed by atoms with Crippen molar-refractivity contribution >= 4 is 28.8 Å². The zero-order chi connectivity index (χ0) is 23.2. The van der Waals surface area contributed by atoms with Crippen LogP contribution in [-0.2, 0) is 11.3 Å². The Morgan fingerprint density at radius 3 is 2.36 bits per heavy atom. The Balaban J connectivity index is 1.70. The van der Waals surface area contributed by atoms with Crippen molar-refractivity contribution in [2.75, 3.05) is 20.2 Å². The Kier molecular flexibility index (Phi) is 7.13. The molecule has 1 aliphatic heterocycles. The number of ether oxygens (including phenoxy) is 1. The smallest absolute Gasteiger partial charge is 0.270 e. The fraction of sp³-hybridized carbons (Fsp3) is 0.333. The lowest BCUT2D eigenvalue weighted by molar-refractivity contribution is -0.127. The van der Waals surface area contributed by atoms with E-state index in [1.807, 2.05) is 35.4 Å². The average Bonchev–Trinajstić information content (AvgIpc) is 3.00. The van der Waals surface area contributed by atoms with Gasteiger partial charge >= 0.3 is 0 Å². The molecule has 1 aromatic heterocycles. The summed E-state index contributed by atoms with van der Waals surface area (Å²) in [5.74, 6) is 0.230. The number of aromatic nitrogens is 1. The van der Waals surface area contributed by atoms with E-state index in [4.69, 9.17) is 4.74 Å². The van der Waals surface area contributed by atoms with Crippen LogP contribution in [0.15, 0.2) is 60.4 Å². The average molecular weight is 446 g/mol. The normalized spacial score (nSPS) is 14.7. The zero-order valence-electron chi connectivity index (χ0n) is 19.3. The maximum absolute atomic E-state index is 13.6. The van der Waals surface area contributed by atoms with Crippen LogP contribution in [0.5, 0.6) is 5.75 Å². The highest BCUT2D eigenvalue weighted by Crippen LogP contribution is 2.24. The summed E-state index contributed by atoms with van der Waals surface area (Å²) in [4.78, 5) is 28.5. The SMILES string of the molecule is CCn1cc(/C=C(\NC(=O)c2ccc(OC)cc2)C(=O)N2CCCCCC2)c2ccccc21. The van der Waals surface area contributed by atoms with Crippen molar-refractivity contribution in [1.29, 1.82) is 0 Å². The van der Waals surface area contributed by atoms with Crippen molar-refractivity contribution in [2.45, 2.75) is 39.2 Å². The summed E-state index contributed by atoms with van der Waals surface area (Å²) in [5, 5.41) is 3.96. The van der Waals surface area contributed by atoms with Gasteiger partial charge in [-0.05, 0) is 56.2 Å². The molecule has 2 heterocycles. The molecule has 6 heteroatoms. The summed E-state index contributed by atoms with van der Waals surface area (Å²) in [6.07, 6.45) is 8.10. The maximum atomic E-state index is 13.6. The van der Waals surface area contributed by atoms with Crippen molar-refractivity contribution in [3.63, 3.8) is 0 Å². The fourth-order valence-electron chi connectivity index (χ4n) is 4.34. The van der Waals surface area contributed by atoms with Gasteiger partial charge in [-0.1, -0.05) is 31.0 Å². The third-order valence-corrected chi connectivity index (χ3v) is 6.18. The van der Waals surface area contributed by atoms with Crippen LogP contribution in [0.4, 0.5) is 0 Å². The highest BCUT2D eigenvalue weighted by Gasteiger charge is 2.22. The van der Waals surface area contributed by atoms with Crippen molar-refractivity contribution in [1.82, 2.24) is 14.8 Å². The molecule has 0 atom stereocenters. The van der Waals surface area contributed by atoms with Crippen LogP contribution >= 0.6 is 0 Å². The van der Waals surface area contributed by atoms with Crippen LogP contribution in [0, 0.1) is 0 Å². The molecule has 0 spiro atoms. The molecule has 0 saturated carbocycles. The van der Waals surface area contributed by atoms with Gasteiger partial charge in [-0.2, -0.15) is 0 Å². The first kappa shape index (κ1) is 22.6. The number of methoxy groups -OCH3 is 1. The number of fused-ring (bicyclic) bond motifs is 1.